The van der Waals surface area contributed by atoms with Gasteiger partial charge >= 0.3 is 0 Å². The van der Waals surface area contributed by atoms with Crippen molar-refractivity contribution in [3.05, 3.63) is 0 Å². The lowest BCUT2D eigenvalue weighted by molar-refractivity contribution is -0.134. The molecule has 0 unspecified atom stereocenters. The minimum atomic E-state index is -0.319. The lowest BCUT2D eigenvalue weighted by Crippen LogP contribution is -2.53. The summed E-state index contributed by atoms with van der Waals surface area (Å²) in [4.78, 5) is 18.7. The first-order valence-electron chi connectivity index (χ1n) is 6.95. The minimum absolute atomic E-state index is 0.126. The van der Waals surface area contributed by atoms with Gasteiger partial charge in [0, 0.05) is 39.3 Å². The molecule has 1 aliphatic rings. The van der Waals surface area contributed by atoms with E-state index in [1.165, 1.54) is 0 Å². The first kappa shape index (κ1) is 16.8. The zero-order valence-electron chi connectivity index (χ0n) is 12.5. The zero-order chi connectivity index (χ0) is 14.3. The highest BCUT2D eigenvalue weighted by Crippen LogP contribution is 2.06. The van der Waals surface area contributed by atoms with E-state index in [1.54, 1.807) is 11.8 Å². The number of hydrogen-bond donors (Lipinski definition) is 1. The number of amides is 1. The van der Waals surface area contributed by atoms with Gasteiger partial charge in [-0.3, -0.25) is 9.69 Å². The van der Waals surface area contributed by atoms with E-state index >= 15 is 0 Å². The van der Waals surface area contributed by atoms with Gasteiger partial charge in [0.05, 0.1) is 6.04 Å². The van der Waals surface area contributed by atoms with Crippen molar-refractivity contribution >= 4 is 17.7 Å². The van der Waals surface area contributed by atoms with Crippen LogP contribution in [0.2, 0.25) is 0 Å². The Kier molecular flexibility index (Phi) is 7.75. The van der Waals surface area contributed by atoms with Gasteiger partial charge in [-0.05, 0) is 32.5 Å². The molecule has 0 saturated carbocycles. The molecule has 1 saturated heterocycles. The Morgan fingerprint density at radius 3 is 2.47 bits per heavy atom. The van der Waals surface area contributed by atoms with Gasteiger partial charge in [-0.25, -0.2) is 0 Å². The minimum Gasteiger partial charge on any atom is -0.339 e. The molecule has 1 fully saturated rings. The molecule has 19 heavy (non-hydrogen) atoms. The van der Waals surface area contributed by atoms with Gasteiger partial charge in [-0.2, -0.15) is 11.8 Å². The van der Waals surface area contributed by atoms with Crippen LogP contribution in [-0.4, -0.2) is 92.0 Å². The van der Waals surface area contributed by atoms with Crippen molar-refractivity contribution in [2.45, 2.75) is 12.5 Å². The third-order valence-corrected chi connectivity index (χ3v) is 4.14. The number of nitrogens with zero attached hydrogens (tertiary/aromatic N) is 3. The molecule has 1 heterocycles. The normalized spacial score (nSPS) is 18.9. The van der Waals surface area contributed by atoms with Crippen molar-refractivity contribution < 1.29 is 4.79 Å². The largest absolute Gasteiger partial charge is 0.339 e. The van der Waals surface area contributed by atoms with Crippen LogP contribution in [0.5, 0.6) is 0 Å². The first-order valence-corrected chi connectivity index (χ1v) is 8.34. The summed E-state index contributed by atoms with van der Waals surface area (Å²) in [7, 11) is 4.18. The number of carbonyl (C=O) groups excluding carboxylic acids is 1. The Morgan fingerprint density at radius 2 is 1.95 bits per heavy atom. The van der Waals surface area contributed by atoms with Gasteiger partial charge in [0.1, 0.15) is 0 Å². The molecule has 1 atom stereocenters. The van der Waals surface area contributed by atoms with Crippen molar-refractivity contribution in [2.75, 3.05) is 65.4 Å². The van der Waals surface area contributed by atoms with Crippen LogP contribution in [-0.2, 0) is 4.79 Å². The Balaban J connectivity index is 2.26. The summed E-state index contributed by atoms with van der Waals surface area (Å²) in [6.07, 6.45) is 2.82. The van der Waals surface area contributed by atoms with Crippen LogP contribution in [0.25, 0.3) is 0 Å². The van der Waals surface area contributed by atoms with Crippen LogP contribution in [0.3, 0.4) is 0 Å². The quantitative estimate of drug-likeness (QED) is 0.701. The molecule has 0 aromatic heterocycles. The van der Waals surface area contributed by atoms with Crippen LogP contribution in [0.4, 0.5) is 0 Å². The molecule has 0 aromatic carbocycles. The fraction of sp³-hybridized carbons (Fsp3) is 0.923. The van der Waals surface area contributed by atoms with Crippen LogP contribution in [0, 0.1) is 0 Å². The number of likely N-dealkylation sites (N-methyl/N-ethyl adjacent to an activating group) is 1. The molecule has 112 valence electrons. The summed E-state index contributed by atoms with van der Waals surface area (Å²) in [5.74, 6) is 1.08. The molecular weight excluding hydrogens is 260 g/mol. The van der Waals surface area contributed by atoms with Crippen LogP contribution in [0.1, 0.15) is 6.42 Å². The molecule has 1 rings (SSSR count). The lowest BCUT2D eigenvalue weighted by Gasteiger charge is -2.36. The summed E-state index contributed by atoms with van der Waals surface area (Å²) in [6.45, 7) is 5.72. The van der Waals surface area contributed by atoms with Crippen molar-refractivity contribution in [3.63, 3.8) is 0 Å². The monoisotopic (exact) mass is 288 g/mol. The highest BCUT2D eigenvalue weighted by molar-refractivity contribution is 7.98. The number of carbonyl (C=O) groups is 1. The molecule has 6 heteroatoms. The average Bonchev–Trinajstić information content (AvgIpc) is 2.42. The summed E-state index contributed by atoms with van der Waals surface area (Å²) >= 11 is 1.74. The maximum atomic E-state index is 12.1. The van der Waals surface area contributed by atoms with Gasteiger partial charge in [0.2, 0.25) is 5.91 Å². The van der Waals surface area contributed by atoms with Crippen molar-refractivity contribution in [1.29, 1.82) is 0 Å². The number of hydrogen-bond acceptors (Lipinski definition) is 5. The van der Waals surface area contributed by atoms with Crippen LogP contribution < -0.4 is 5.73 Å². The zero-order valence-corrected chi connectivity index (χ0v) is 13.3. The van der Waals surface area contributed by atoms with Gasteiger partial charge in [-0.15, -0.1) is 0 Å². The van der Waals surface area contributed by atoms with Gasteiger partial charge in [0.25, 0.3) is 0 Å². The highest BCUT2D eigenvalue weighted by Gasteiger charge is 2.24. The molecule has 0 bridgehead atoms. The van der Waals surface area contributed by atoms with E-state index in [2.05, 4.69) is 23.9 Å². The third kappa shape index (κ3) is 6.12. The topological polar surface area (TPSA) is 52.8 Å². The van der Waals surface area contributed by atoms with Crippen molar-refractivity contribution in [2.24, 2.45) is 5.73 Å². The van der Waals surface area contributed by atoms with Gasteiger partial charge in [0.15, 0.2) is 0 Å². The van der Waals surface area contributed by atoms with E-state index in [-0.39, 0.29) is 11.9 Å². The van der Waals surface area contributed by atoms with Gasteiger partial charge in [-0.1, -0.05) is 0 Å². The predicted octanol–water partition coefficient (Wildman–Crippen LogP) is -0.227. The van der Waals surface area contributed by atoms with E-state index < -0.39 is 0 Å². The Morgan fingerprint density at radius 1 is 1.32 bits per heavy atom. The van der Waals surface area contributed by atoms with E-state index in [1.807, 2.05) is 11.2 Å². The Labute approximate surface area is 121 Å². The highest BCUT2D eigenvalue weighted by atomic mass is 32.2. The number of thioether (sulfide) groups is 1. The van der Waals surface area contributed by atoms with Crippen LogP contribution >= 0.6 is 11.8 Å². The maximum Gasteiger partial charge on any atom is 0.239 e. The second-order valence-corrected chi connectivity index (χ2v) is 6.34. The average molecular weight is 288 g/mol. The first-order chi connectivity index (χ1) is 9.04. The maximum absolute atomic E-state index is 12.1. The lowest BCUT2D eigenvalue weighted by atomic mass is 10.2. The van der Waals surface area contributed by atoms with E-state index in [0.717, 1.165) is 51.4 Å². The summed E-state index contributed by atoms with van der Waals surface area (Å²) in [5, 5.41) is 0. The molecule has 1 aliphatic heterocycles. The molecule has 0 spiro atoms. The molecule has 0 aliphatic carbocycles. The Hall–Kier alpha value is -0.300. The number of rotatable bonds is 7. The van der Waals surface area contributed by atoms with Crippen LogP contribution in [0.15, 0.2) is 0 Å². The smallest absolute Gasteiger partial charge is 0.239 e. The summed E-state index contributed by atoms with van der Waals surface area (Å²) < 4.78 is 0. The van der Waals surface area contributed by atoms with Crippen molar-refractivity contribution in [3.8, 4) is 0 Å². The fourth-order valence-electron chi connectivity index (χ4n) is 2.14. The van der Waals surface area contributed by atoms with E-state index in [4.69, 9.17) is 5.73 Å². The molecule has 2 N–H and O–H groups in total. The molecule has 0 aromatic rings. The molecule has 0 radical (unpaired) electrons. The van der Waals surface area contributed by atoms with E-state index in [9.17, 15) is 4.79 Å². The van der Waals surface area contributed by atoms with Crippen molar-refractivity contribution in [1.82, 2.24) is 14.7 Å². The summed E-state index contributed by atoms with van der Waals surface area (Å²) in [5.41, 5.74) is 5.94. The standard InChI is InChI=1S/C13H28N4OS/c1-15(2)5-6-16-7-9-17(10-8-16)13(18)12(14)4-11-19-3/h12H,4-11,14H2,1-3H3/t12-/m1/s1. The SMILES string of the molecule is CSCC[C@@H](N)C(=O)N1CCN(CCN(C)C)CC1. The second kappa shape index (κ2) is 8.79. The predicted molar refractivity (Wildman–Crippen MR) is 82.5 cm³/mol. The Bertz CT molecular complexity index is 267. The second-order valence-electron chi connectivity index (χ2n) is 5.36. The fourth-order valence-corrected chi connectivity index (χ4v) is 2.63. The van der Waals surface area contributed by atoms with Gasteiger partial charge < -0.3 is 15.5 Å². The molecule has 1 amide bonds. The third-order valence-electron chi connectivity index (χ3n) is 3.50. The summed E-state index contributed by atoms with van der Waals surface area (Å²) in [6, 6.07) is -0.319. The number of nitrogens with two attached hydrogens (primary N) is 1. The van der Waals surface area contributed by atoms with E-state index in [0.29, 0.717) is 0 Å². The molecular formula is C13H28N4OS. The molecule has 5 nitrogen and oxygen atoms in total. The number of piperazine rings is 1.